The molecule has 5 heteroatoms. The molecule has 0 aliphatic heterocycles. The number of benzene rings is 2. The van der Waals surface area contributed by atoms with E-state index in [9.17, 15) is 4.79 Å². The lowest BCUT2D eigenvalue weighted by Gasteiger charge is -2.29. The molecule has 1 unspecified atom stereocenters. The SMILES string of the molecule is COCCNCC(CN(Cc1ccccc1)Cc1ccccc1)C(=O)OC(C)(C)C. The van der Waals surface area contributed by atoms with Crippen LogP contribution in [0.25, 0.3) is 0 Å². The fourth-order valence-electron chi connectivity index (χ4n) is 3.24. The van der Waals surface area contributed by atoms with Gasteiger partial charge in [-0.2, -0.15) is 0 Å². The van der Waals surface area contributed by atoms with Gasteiger partial charge >= 0.3 is 5.97 Å². The molecule has 0 bridgehead atoms. The summed E-state index contributed by atoms with van der Waals surface area (Å²) in [5.41, 5.74) is 1.94. The van der Waals surface area contributed by atoms with E-state index >= 15 is 0 Å². The highest BCUT2D eigenvalue weighted by Crippen LogP contribution is 2.16. The van der Waals surface area contributed by atoms with Crippen LogP contribution in [0.3, 0.4) is 0 Å². The van der Waals surface area contributed by atoms with E-state index in [4.69, 9.17) is 9.47 Å². The molecule has 0 amide bonds. The van der Waals surface area contributed by atoms with Crippen LogP contribution in [0.2, 0.25) is 0 Å². The number of nitrogens with one attached hydrogen (secondary N) is 1. The molecule has 164 valence electrons. The van der Waals surface area contributed by atoms with Crippen molar-refractivity contribution in [3.05, 3.63) is 71.8 Å². The van der Waals surface area contributed by atoms with Crippen molar-refractivity contribution < 1.29 is 14.3 Å². The van der Waals surface area contributed by atoms with E-state index in [0.29, 0.717) is 26.2 Å². The second-order valence-electron chi connectivity index (χ2n) is 8.57. The van der Waals surface area contributed by atoms with Gasteiger partial charge < -0.3 is 14.8 Å². The Labute approximate surface area is 181 Å². The Balaban J connectivity index is 2.14. The van der Waals surface area contributed by atoms with Crippen LogP contribution < -0.4 is 5.32 Å². The molecule has 1 atom stereocenters. The molecule has 2 aromatic carbocycles. The average Bonchev–Trinajstić information content (AvgIpc) is 2.70. The van der Waals surface area contributed by atoms with E-state index in [0.717, 1.165) is 13.1 Å². The summed E-state index contributed by atoms with van der Waals surface area (Å²) in [6.45, 7) is 9.74. The van der Waals surface area contributed by atoms with Crippen LogP contribution in [0.5, 0.6) is 0 Å². The van der Waals surface area contributed by atoms with Gasteiger partial charge in [0.2, 0.25) is 0 Å². The smallest absolute Gasteiger partial charge is 0.312 e. The molecular weight excluding hydrogens is 376 g/mol. The van der Waals surface area contributed by atoms with Gasteiger partial charge in [0.15, 0.2) is 0 Å². The van der Waals surface area contributed by atoms with Crippen LogP contribution in [-0.4, -0.2) is 49.8 Å². The minimum Gasteiger partial charge on any atom is -0.460 e. The van der Waals surface area contributed by atoms with Crippen molar-refractivity contribution >= 4 is 5.97 Å². The summed E-state index contributed by atoms with van der Waals surface area (Å²) in [7, 11) is 1.68. The summed E-state index contributed by atoms with van der Waals surface area (Å²) in [6.07, 6.45) is 0. The van der Waals surface area contributed by atoms with Gasteiger partial charge in [0.05, 0.1) is 12.5 Å². The Morgan fingerprint density at radius 1 is 0.967 bits per heavy atom. The predicted octanol–water partition coefficient (Wildman–Crippen LogP) is 3.88. The fourth-order valence-corrected chi connectivity index (χ4v) is 3.24. The Morgan fingerprint density at radius 3 is 1.97 bits per heavy atom. The van der Waals surface area contributed by atoms with Crippen molar-refractivity contribution in [2.45, 2.75) is 39.5 Å². The fraction of sp³-hybridized carbons (Fsp3) is 0.480. The third kappa shape index (κ3) is 9.53. The van der Waals surface area contributed by atoms with Gasteiger partial charge in [0.25, 0.3) is 0 Å². The highest BCUT2D eigenvalue weighted by molar-refractivity contribution is 5.73. The first-order valence-electron chi connectivity index (χ1n) is 10.6. The number of rotatable bonds is 12. The molecule has 0 radical (unpaired) electrons. The predicted molar refractivity (Wildman–Crippen MR) is 121 cm³/mol. The van der Waals surface area contributed by atoms with E-state index in [2.05, 4.69) is 34.5 Å². The molecule has 2 aromatic rings. The topological polar surface area (TPSA) is 50.8 Å². The van der Waals surface area contributed by atoms with E-state index in [1.165, 1.54) is 11.1 Å². The summed E-state index contributed by atoms with van der Waals surface area (Å²) in [4.78, 5) is 15.3. The molecule has 1 N–H and O–H groups in total. The Hall–Kier alpha value is -2.21. The number of nitrogens with zero attached hydrogens (tertiary/aromatic N) is 1. The number of carbonyl (C=O) groups is 1. The summed E-state index contributed by atoms with van der Waals surface area (Å²) in [5.74, 6) is -0.438. The number of hydrogen-bond donors (Lipinski definition) is 1. The molecule has 0 saturated carbocycles. The molecule has 0 heterocycles. The molecule has 30 heavy (non-hydrogen) atoms. The van der Waals surface area contributed by atoms with Crippen molar-refractivity contribution in [1.29, 1.82) is 0 Å². The van der Waals surface area contributed by atoms with Crippen molar-refractivity contribution in [3.63, 3.8) is 0 Å². The van der Waals surface area contributed by atoms with Crippen LogP contribution in [0.1, 0.15) is 31.9 Å². The quantitative estimate of drug-likeness (QED) is 0.423. The number of methoxy groups -OCH3 is 1. The Kier molecular flexibility index (Phi) is 10.0. The third-order valence-corrected chi connectivity index (χ3v) is 4.59. The zero-order valence-electron chi connectivity index (χ0n) is 18.8. The minimum atomic E-state index is -0.508. The molecular formula is C25H36N2O3. The molecule has 0 spiro atoms. The van der Waals surface area contributed by atoms with Gasteiger partial charge in [-0.1, -0.05) is 60.7 Å². The maximum atomic E-state index is 12.9. The molecule has 0 aliphatic rings. The zero-order chi connectivity index (χ0) is 21.8. The second-order valence-corrected chi connectivity index (χ2v) is 8.57. The monoisotopic (exact) mass is 412 g/mol. The lowest BCUT2D eigenvalue weighted by molar-refractivity contribution is -0.160. The summed E-state index contributed by atoms with van der Waals surface area (Å²) in [5, 5.41) is 3.33. The first kappa shape index (κ1) is 24.1. The Bertz CT molecular complexity index is 688. The van der Waals surface area contributed by atoms with E-state index < -0.39 is 5.60 Å². The standard InChI is InChI=1S/C25H36N2O3/c1-25(2,3)30-24(28)23(17-26-15-16-29-4)20-27(18-21-11-7-5-8-12-21)19-22-13-9-6-10-14-22/h5-14,23,26H,15-20H2,1-4H3. The summed E-state index contributed by atoms with van der Waals surface area (Å²) in [6, 6.07) is 20.7. The molecule has 2 rings (SSSR count). The van der Waals surface area contributed by atoms with E-state index in [1.807, 2.05) is 57.2 Å². The van der Waals surface area contributed by atoms with Crippen molar-refractivity contribution in [3.8, 4) is 0 Å². The first-order valence-corrected chi connectivity index (χ1v) is 10.6. The van der Waals surface area contributed by atoms with Gasteiger partial charge in [-0.05, 0) is 31.9 Å². The molecule has 5 nitrogen and oxygen atoms in total. The largest absolute Gasteiger partial charge is 0.460 e. The molecule has 0 aliphatic carbocycles. The van der Waals surface area contributed by atoms with E-state index in [-0.39, 0.29) is 11.9 Å². The maximum absolute atomic E-state index is 12.9. The van der Waals surface area contributed by atoms with E-state index in [1.54, 1.807) is 7.11 Å². The normalized spacial score (nSPS) is 12.7. The van der Waals surface area contributed by atoms with Crippen LogP contribution in [0, 0.1) is 5.92 Å². The lowest BCUT2D eigenvalue weighted by atomic mass is 10.1. The number of esters is 1. The second kappa shape index (κ2) is 12.5. The van der Waals surface area contributed by atoms with Gasteiger partial charge in [-0.15, -0.1) is 0 Å². The molecule has 0 saturated heterocycles. The summed E-state index contributed by atoms with van der Waals surface area (Å²) < 4.78 is 10.8. The maximum Gasteiger partial charge on any atom is 0.312 e. The summed E-state index contributed by atoms with van der Waals surface area (Å²) >= 11 is 0. The third-order valence-electron chi connectivity index (χ3n) is 4.59. The van der Waals surface area contributed by atoms with Crippen molar-refractivity contribution in [2.75, 3.05) is 33.4 Å². The van der Waals surface area contributed by atoms with Crippen molar-refractivity contribution in [2.24, 2.45) is 5.92 Å². The number of hydrogen-bond acceptors (Lipinski definition) is 5. The van der Waals surface area contributed by atoms with Crippen LogP contribution in [0.4, 0.5) is 0 Å². The first-order chi connectivity index (χ1) is 14.4. The highest BCUT2D eigenvalue weighted by atomic mass is 16.6. The van der Waals surface area contributed by atoms with Gasteiger partial charge in [-0.25, -0.2) is 0 Å². The van der Waals surface area contributed by atoms with Crippen LogP contribution >= 0.6 is 0 Å². The number of carbonyl (C=O) groups excluding carboxylic acids is 1. The van der Waals surface area contributed by atoms with Crippen LogP contribution in [-0.2, 0) is 27.4 Å². The molecule has 0 fully saturated rings. The highest BCUT2D eigenvalue weighted by Gasteiger charge is 2.27. The average molecular weight is 413 g/mol. The lowest BCUT2D eigenvalue weighted by Crippen LogP contribution is -2.42. The van der Waals surface area contributed by atoms with Gasteiger partial charge in [-0.3, -0.25) is 9.69 Å². The minimum absolute atomic E-state index is 0.168. The zero-order valence-corrected chi connectivity index (χ0v) is 18.8. The van der Waals surface area contributed by atoms with Crippen LogP contribution in [0.15, 0.2) is 60.7 Å². The number of ether oxygens (including phenoxy) is 2. The van der Waals surface area contributed by atoms with Crippen molar-refractivity contribution in [1.82, 2.24) is 10.2 Å². The van der Waals surface area contributed by atoms with Gasteiger partial charge in [0, 0.05) is 39.8 Å². The Morgan fingerprint density at radius 2 is 1.50 bits per heavy atom. The van der Waals surface area contributed by atoms with Gasteiger partial charge in [0.1, 0.15) is 5.60 Å². The molecule has 0 aromatic heterocycles.